The smallest absolute Gasteiger partial charge is 0.330 e. The van der Waals surface area contributed by atoms with Gasteiger partial charge >= 0.3 is 5.97 Å². The molecule has 0 aromatic heterocycles. The highest BCUT2D eigenvalue weighted by Gasteiger charge is 2.17. The summed E-state index contributed by atoms with van der Waals surface area (Å²) in [5.41, 5.74) is 0.932. The van der Waals surface area contributed by atoms with Gasteiger partial charge in [0.25, 0.3) is 0 Å². The lowest BCUT2D eigenvalue weighted by Gasteiger charge is -2.15. The van der Waals surface area contributed by atoms with Crippen LogP contribution in [-0.2, 0) is 9.53 Å². The topological polar surface area (TPSA) is 35.5 Å². The van der Waals surface area contributed by atoms with E-state index in [0.717, 1.165) is 16.5 Å². The van der Waals surface area contributed by atoms with Gasteiger partial charge in [-0.1, -0.05) is 43.6 Å². The van der Waals surface area contributed by atoms with Crippen LogP contribution in [0.5, 0.6) is 5.75 Å². The first-order chi connectivity index (χ1) is 10.4. The fourth-order valence-electron chi connectivity index (χ4n) is 1.58. The molecule has 0 aliphatic rings. The number of allylic oxidation sites excluding steroid dienone is 3. The maximum atomic E-state index is 11.1. The summed E-state index contributed by atoms with van der Waals surface area (Å²) in [5.74, 6) is 6.85. The molecule has 0 fully saturated rings. The molecule has 1 aromatic rings. The quantitative estimate of drug-likeness (QED) is 0.280. The van der Waals surface area contributed by atoms with Gasteiger partial charge in [-0.3, -0.25) is 0 Å². The zero-order chi connectivity index (χ0) is 16.6. The number of carbonyl (C=O) groups is 1. The standard InChI is InChI=1S/C18H22O3Si/c1-20-16-12-9-15(10-13-16)11-14-17(22(3,4)5)7-6-8-18(19)21-2/h6-10,12-13H,1-5H3/b8-6-,17-7+. The molecule has 0 spiro atoms. The van der Waals surface area contributed by atoms with Gasteiger partial charge in [-0.15, -0.1) is 0 Å². The Labute approximate surface area is 133 Å². The Hall–Kier alpha value is -2.25. The molecule has 0 saturated carbocycles. The average Bonchev–Trinajstić information content (AvgIpc) is 2.49. The molecule has 0 aliphatic heterocycles. The summed E-state index contributed by atoms with van der Waals surface area (Å²) in [6, 6.07) is 7.63. The third-order valence-corrected chi connectivity index (χ3v) is 4.84. The van der Waals surface area contributed by atoms with Crippen molar-refractivity contribution >= 4 is 14.0 Å². The summed E-state index contributed by atoms with van der Waals surface area (Å²) >= 11 is 0. The van der Waals surface area contributed by atoms with E-state index in [2.05, 4.69) is 36.2 Å². The van der Waals surface area contributed by atoms with Crippen LogP contribution >= 0.6 is 0 Å². The first-order valence-electron chi connectivity index (χ1n) is 6.99. The molecule has 1 rings (SSSR count). The van der Waals surface area contributed by atoms with Gasteiger partial charge in [0.1, 0.15) is 5.75 Å². The van der Waals surface area contributed by atoms with Crippen molar-refractivity contribution < 1.29 is 14.3 Å². The predicted molar refractivity (Wildman–Crippen MR) is 92.5 cm³/mol. The van der Waals surface area contributed by atoms with Crippen molar-refractivity contribution in [2.75, 3.05) is 14.2 Å². The molecule has 0 bridgehead atoms. The second-order valence-corrected chi connectivity index (χ2v) is 10.7. The number of hydrogen-bond acceptors (Lipinski definition) is 3. The fraction of sp³-hybridized carbons (Fsp3) is 0.278. The molecule has 0 aliphatic carbocycles. The van der Waals surface area contributed by atoms with Gasteiger partial charge < -0.3 is 9.47 Å². The van der Waals surface area contributed by atoms with Gasteiger partial charge in [-0.05, 0) is 29.5 Å². The molecule has 1 aromatic carbocycles. The number of hydrogen-bond donors (Lipinski definition) is 0. The first-order valence-corrected chi connectivity index (χ1v) is 10.5. The third kappa shape index (κ3) is 6.02. The van der Waals surface area contributed by atoms with Gasteiger partial charge in [0, 0.05) is 11.6 Å². The van der Waals surface area contributed by atoms with E-state index in [1.165, 1.54) is 13.2 Å². The first kappa shape index (κ1) is 17.8. The Morgan fingerprint density at radius 2 is 1.77 bits per heavy atom. The number of benzene rings is 1. The second kappa shape index (κ2) is 8.25. The number of rotatable bonds is 4. The largest absolute Gasteiger partial charge is 0.497 e. The van der Waals surface area contributed by atoms with Crippen molar-refractivity contribution in [1.29, 1.82) is 0 Å². The minimum atomic E-state index is -1.58. The summed E-state index contributed by atoms with van der Waals surface area (Å²) in [5, 5.41) is 1.07. The molecular weight excluding hydrogens is 292 g/mol. The maximum absolute atomic E-state index is 11.1. The van der Waals surface area contributed by atoms with Crippen LogP contribution in [0, 0.1) is 11.8 Å². The SMILES string of the molecule is COC(=O)/C=C\C=C(/C#Cc1ccc(OC)cc1)[Si](C)(C)C. The van der Waals surface area contributed by atoms with E-state index in [4.69, 9.17) is 4.74 Å². The van der Waals surface area contributed by atoms with Gasteiger partial charge in [0.05, 0.1) is 22.3 Å². The Morgan fingerprint density at radius 3 is 2.27 bits per heavy atom. The highest BCUT2D eigenvalue weighted by Crippen LogP contribution is 2.15. The number of methoxy groups -OCH3 is 2. The molecule has 0 radical (unpaired) electrons. The zero-order valence-corrected chi connectivity index (χ0v) is 14.8. The highest BCUT2D eigenvalue weighted by molar-refractivity contribution is 6.84. The Kier molecular flexibility index (Phi) is 6.68. The number of esters is 1. The van der Waals surface area contributed by atoms with Crippen LogP contribution in [0.4, 0.5) is 0 Å². The van der Waals surface area contributed by atoms with Crippen molar-refractivity contribution in [3.05, 3.63) is 53.3 Å². The zero-order valence-electron chi connectivity index (χ0n) is 13.8. The fourth-order valence-corrected chi connectivity index (χ4v) is 2.62. The van der Waals surface area contributed by atoms with Gasteiger partial charge in [0.2, 0.25) is 0 Å². The van der Waals surface area contributed by atoms with E-state index in [1.54, 1.807) is 13.2 Å². The van der Waals surface area contributed by atoms with Crippen LogP contribution in [0.1, 0.15) is 5.56 Å². The van der Waals surface area contributed by atoms with E-state index in [-0.39, 0.29) is 5.97 Å². The average molecular weight is 314 g/mol. The molecule has 4 heteroatoms. The summed E-state index contributed by atoms with van der Waals surface area (Å²) in [7, 11) is 1.42. The van der Waals surface area contributed by atoms with Crippen LogP contribution in [0.25, 0.3) is 0 Å². The maximum Gasteiger partial charge on any atom is 0.330 e. The molecule has 0 atom stereocenters. The lowest BCUT2D eigenvalue weighted by Crippen LogP contribution is -2.22. The van der Waals surface area contributed by atoms with E-state index in [0.29, 0.717) is 0 Å². The van der Waals surface area contributed by atoms with Crippen LogP contribution in [0.2, 0.25) is 19.6 Å². The lowest BCUT2D eigenvalue weighted by atomic mass is 10.2. The molecule has 22 heavy (non-hydrogen) atoms. The normalized spacial score (nSPS) is 11.8. The molecule has 0 amide bonds. The highest BCUT2D eigenvalue weighted by atomic mass is 28.3. The van der Waals surface area contributed by atoms with E-state index in [1.807, 2.05) is 30.3 Å². The molecule has 3 nitrogen and oxygen atoms in total. The molecule has 0 unspecified atom stereocenters. The van der Waals surface area contributed by atoms with Crippen molar-refractivity contribution in [2.45, 2.75) is 19.6 Å². The molecule has 116 valence electrons. The van der Waals surface area contributed by atoms with Crippen LogP contribution < -0.4 is 4.74 Å². The van der Waals surface area contributed by atoms with Gasteiger partial charge in [-0.2, -0.15) is 0 Å². The van der Waals surface area contributed by atoms with E-state index in [9.17, 15) is 4.79 Å². The third-order valence-electron chi connectivity index (χ3n) is 2.94. The van der Waals surface area contributed by atoms with E-state index >= 15 is 0 Å². The summed E-state index contributed by atoms with van der Waals surface area (Å²) in [6.45, 7) is 6.65. The van der Waals surface area contributed by atoms with Crippen molar-refractivity contribution in [2.24, 2.45) is 0 Å². The van der Waals surface area contributed by atoms with Crippen molar-refractivity contribution in [1.82, 2.24) is 0 Å². The van der Waals surface area contributed by atoms with Crippen molar-refractivity contribution in [3.8, 4) is 17.6 Å². The monoisotopic (exact) mass is 314 g/mol. The second-order valence-electron chi connectivity index (χ2n) is 5.69. The predicted octanol–water partition coefficient (Wildman–Crippen LogP) is 3.58. The van der Waals surface area contributed by atoms with Gasteiger partial charge in [0.15, 0.2) is 0 Å². The lowest BCUT2D eigenvalue weighted by molar-refractivity contribution is -0.134. The molecule has 0 heterocycles. The van der Waals surface area contributed by atoms with Crippen LogP contribution in [0.3, 0.4) is 0 Å². The minimum absolute atomic E-state index is 0.366. The summed E-state index contributed by atoms with van der Waals surface area (Å²) in [6.07, 6.45) is 5.00. The Bertz CT molecular complexity index is 623. The minimum Gasteiger partial charge on any atom is -0.497 e. The summed E-state index contributed by atoms with van der Waals surface area (Å²) in [4.78, 5) is 11.1. The Balaban J connectivity index is 3.00. The number of ether oxygens (including phenoxy) is 2. The Morgan fingerprint density at radius 1 is 1.14 bits per heavy atom. The summed E-state index contributed by atoms with van der Waals surface area (Å²) < 4.78 is 9.71. The van der Waals surface area contributed by atoms with Gasteiger partial charge in [-0.25, -0.2) is 4.79 Å². The molecule has 0 N–H and O–H groups in total. The van der Waals surface area contributed by atoms with Crippen molar-refractivity contribution in [3.63, 3.8) is 0 Å². The van der Waals surface area contributed by atoms with Crippen LogP contribution in [0.15, 0.2) is 47.7 Å². The molecular formula is C18H22O3Si. The van der Waals surface area contributed by atoms with E-state index < -0.39 is 8.07 Å². The van der Waals surface area contributed by atoms with Crippen LogP contribution in [-0.4, -0.2) is 28.3 Å². The number of carbonyl (C=O) groups excluding carboxylic acids is 1. The molecule has 0 saturated heterocycles.